The summed E-state index contributed by atoms with van der Waals surface area (Å²) in [5.41, 5.74) is 0.991. The van der Waals surface area contributed by atoms with Gasteiger partial charge in [0, 0.05) is 42.9 Å². The van der Waals surface area contributed by atoms with Crippen LogP contribution in [0.3, 0.4) is 0 Å². The third kappa shape index (κ3) is 6.21. The van der Waals surface area contributed by atoms with Gasteiger partial charge in [-0.25, -0.2) is 14.2 Å². The predicted molar refractivity (Wildman–Crippen MR) is 139 cm³/mol. The molecule has 1 saturated carbocycles. The number of benzene rings is 1. The fourth-order valence-electron chi connectivity index (χ4n) is 5.05. The van der Waals surface area contributed by atoms with Crippen molar-refractivity contribution < 1.29 is 23.8 Å². The first-order valence-corrected chi connectivity index (χ1v) is 13.1. The Morgan fingerprint density at radius 3 is 2.70 bits per heavy atom. The number of likely N-dealkylation sites (N-methyl/N-ethyl adjacent to an activating group) is 1. The van der Waals surface area contributed by atoms with E-state index in [1.54, 1.807) is 48.0 Å². The minimum atomic E-state index is -0.450. The first-order valence-electron chi connectivity index (χ1n) is 13.1. The maximum Gasteiger partial charge on any atom is 0.317 e. The third-order valence-corrected chi connectivity index (χ3v) is 7.44. The maximum absolute atomic E-state index is 14.5. The van der Waals surface area contributed by atoms with Gasteiger partial charge in [0.2, 0.25) is 5.88 Å². The number of nitrogens with zero attached hydrogens (tertiary/aromatic N) is 3. The molecular formula is C28H37FN4O4. The van der Waals surface area contributed by atoms with Crippen LogP contribution in [0.4, 0.5) is 9.18 Å². The molecule has 1 aliphatic heterocycles. The predicted octanol–water partition coefficient (Wildman–Crippen LogP) is 4.08. The van der Waals surface area contributed by atoms with Gasteiger partial charge in [0.15, 0.2) is 0 Å². The van der Waals surface area contributed by atoms with Crippen molar-refractivity contribution in [3.63, 3.8) is 0 Å². The van der Waals surface area contributed by atoms with Gasteiger partial charge in [-0.3, -0.25) is 4.79 Å². The van der Waals surface area contributed by atoms with Crippen molar-refractivity contribution in [2.24, 2.45) is 5.92 Å². The lowest BCUT2D eigenvalue weighted by Gasteiger charge is -2.38. The van der Waals surface area contributed by atoms with Gasteiger partial charge in [0.05, 0.1) is 19.2 Å². The molecule has 3 atom stereocenters. The normalized spacial score (nSPS) is 21.3. The number of hydrogen-bond acceptors (Lipinski definition) is 5. The molecule has 2 N–H and O–H groups in total. The standard InChI is InChI=1S/C28H37FN4O4/c1-18-15-33(19(2)17-34)27(35)23-13-20(22-11-7-8-12-24(22)29)14-30-26(23)37-25(18)16-32(3)28(36)31-21-9-5-4-6-10-21/h7-8,11-14,18-19,21,25,34H,4-6,9-10,15-17H2,1-3H3,(H,31,36)/t18-,19+,25-/m1/s1. The number of carbonyl (C=O) groups is 2. The molecule has 0 saturated heterocycles. The summed E-state index contributed by atoms with van der Waals surface area (Å²) >= 11 is 0. The van der Waals surface area contributed by atoms with Gasteiger partial charge in [-0.2, -0.15) is 0 Å². The van der Waals surface area contributed by atoms with Gasteiger partial charge in [-0.05, 0) is 31.9 Å². The number of halogens is 1. The second-order valence-corrected chi connectivity index (χ2v) is 10.3. The van der Waals surface area contributed by atoms with Gasteiger partial charge >= 0.3 is 6.03 Å². The Labute approximate surface area is 217 Å². The summed E-state index contributed by atoms with van der Waals surface area (Å²) in [6.07, 6.45) is 6.49. The highest BCUT2D eigenvalue weighted by Gasteiger charge is 2.35. The Kier molecular flexibility index (Phi) is 8.63. The number of aromatic nitrogens is 1. The smallest absolute Gasteiger partial charge is 0.317 e. The van der Waals surface area contributed by atoms with Gasteiger partial charge in [0.1, 0.15) is 17.5 Å². The van der Waals surface area contributed by atoms with Crippen molar-refractivity contribution in [1.29, 1.82) is 0 Å². The molecule has 1 aliphatic carbocycles. The van der Waals surface area contributed by atoms with E-state index in [0.717, 1.165) is 25.7 Å². The summed E-state index contributed by atoms with van der Waals surface area (Å²) in [6.45, 7) is 4.15. The van der Waals surface area contributed by atoms with Gasteiger partial charge in [0.25, 0.3) is 5.91 Å². The van der Waals surface area contributed by atoms with Gasteiger partial charge in [-0.1, -0.05) is 44.4 Å². The zero-order chi connectivity index (χ0) is 26.5. The molecule has 37 heavy (non-hydrogen) atoms. The number of carbonyl (C=O) groups excluding carboxylic acids is 2. The fourth-order valence-corrected chi connectivity index (χ4v) is 5.05. The van der Waals surface area contributed by atoms with Gasteiger partial charge < -0.3 is 25.0 Å². The summed E-state index contributed by atoms with van der Waals surface area (Å²) in [6, 6.07) is 7.51. The second kappa shape index (κ2) is 11.9. The number of nitrogens with one attached hydrogen (secondary N) is 1. The lowest BCUT2D eigenvalue weighted by atomic mass is 9.96. The van der Waals surface area contributed by atoms with Crippen LogP contribution in [-0.2, 0) is 0 Å². The van der Waals surface area contributed by atoms with E-state index in [0.29, 0.717) is 24.2 Å². The zero-order valence-electron chi connectivity index (χ0n) is 21.8. The molecule has 3 amide bonds. The molecule has 0 radical (unpaired) electrons. The molecule has 1 aromatic heterocycles. The average Bonchev–Trinajstić information content (AvgIpc) is 2.90. The lowest BCUT2D eigenvalue weighted by Crippen LogP contribution is -2.52. The van der Waals surface area contributed by atoms with Crippen LogP contribution in [-0.4, -0.2) is 76.8 Å². The Morgan fingerprint density at radius 2 is 2.00 bits per heavy atom. The minimum absolute atomic E-state index is 0.137. The van der Waals surface area contributed by atoms with Crippen molar-refractivity contribution in [3.8, 4) is 17.0 Å². The number of amides is 3. The number of urea groups is 1. The first kappa shape index (κ1) is 26.9. The third-order valence-electron chi connectivity index (χ3n) is 7.44. The number of ether oxygens (including phenoxy) is 1. The van der Waals surface area contributed by atoms with E-state index in [-0.39, 0.29) is 41.9 Å². The zero-order valence-corrected chi connectivity index (χ0v) is 21.8. The van der Waals surface area contributed by atoms with E-state index in [2.05, 4.69) is 10.3 Å². The van der Waals surface area contributed by atoms with Crippen LogP contribution in [0.5, 0.6) is 5.88 Å². The summed E-state index contributed by atoms with van der Waals surface area (Å²) < 4.78 is 20.8. The van der Waals surface area contributed by atoms with E-state index < -0.39 is 18.0 Å². The molecule has 1 fully saturated rings. The minimum Gasteiger partial charge on any atom is -0.472 e. The van der Waals surface area contributed by atoms with Crippen molar-refractivity contribution >= 4 is 11.9 Å². The van der Waals surface area contributed by atoms with Crippen LogP contribution in [0.15, 0.2) is 36.5 Å². The van der Waals surface area contributed by atoms with Crippen LogP contribution in [0.2, 0.25) is 0 Å². The Hall–Kier alpha value is -3.20. The molecule has 0 bridgehead atoms. The number of hydrogen-bond donors (Lipinski definition) is 2. The maximum atomic E-state index is 14.5. The molecule has 8 nitrogen and oxygen atoms in total. The van der Waals surface area contributed by atoms with Crippen molar-refractivity contribution in [2.45, 2.75) is 64.1 Å². The number of fused-ring (bicyclic) bond motifs is 1. The molecule has 0 unspecified atom stereocenters. The fraction of sp³-hybridized carbons (Fsp3) is 0.536. The first-order chi connectivity index (χ1) is 17.8. The number of aliphatic hydroxyl groups excluding tert-OH is 1. The summed E-state index contributed by atoms with van der Waals surface area (Å²) in [7, 11) is 1.74. The highest BCUT2D eigenvalue weighted by molar-refractivity contribution is 5.98. The van der Waals surface area contributed by atoms with Crippen molar-refractivity contribution in [3.05, 3.63) is 47.9 Å². The topological polar surface area (TPSA) is 95.0 Å². The highest BCUT2D eigenvalue weighted by Crippen LogP contribution is 2.31. The average molecular weight is 513 g/mol. The van der Waals surface area contributed by atoms with E-state index in [9.17, 15) is 19.1 Å². The lowest BCUT2D eigenvalue weighted by molar-refractivity contribution is 0.0351. The van der Waals surface area contributed by atoms with E-state index >= 15 is 0 Å². The monoisotopic (exact) mass is 512 g/mol. The van der Waals surface area contributed by atoms with Crippen LogP contribution >= 0.6 is 0 Å². The molecule has 1 aromatic carbocycles. The number of pyridine rings is 1. The second-order valence-electron chi connectivity index (χ2n) is 10.3. The molecule has 4 rings (SSSR count). The van der Waals surface area contributed by atoms with E-state index in [1.165, 1.54) is 18.7 Å². The van der Waals surface area contributed by atoms with Crippen molar-refractivity contribution in [1.82, 2.24) is 20.1 Å². The SMILES string of the molecule is C[C@@H]1CN([C@@H](C)CO)C(=O)c2cc(-c3ccccc3F)cnc2O[C@@H]1CN(C)C(=O)NC1CCCCC1. The largest absolute Gasteiger partial charge is 0.472 e. The summed E-state index contributed by atoms with van der Waals surface area (Å²) in [5.74, 6) is -0.765. The van der Waals surface area contributed by atoms with Crippen LogP contribution < -0.4 is 10.1 Å². The van der Waals surface area contributed by atoms with E-state index in [1.807, 2.05) is 6.92 Å². The quantitative estimate of drug-likeness (QED) is 0.608. The molecule has 9 heteroatoms. The van der Waals surface area contributed by atoms with E-state index in [4.69, 9.17) is 4.74 Å². The molecule has 2 aliphatic rings. The Balaban J connectivity index is 1.61. The number of aliphatic hydroxyl groups is 1. The molecule has 2 aromatic rings. The molecular weight excluding hydrogens is 475 g/mol. The molecule has 200 valence electrons. The van der Waals surface area contributed by atoms with Gasteiger partial charge in [-0.15, -0.1) is 0 Å². The van der Waals surface area contributed by atoms with Crippen LogP contribution in [0, 0.1) is 11.7 Å². The number of rotatable bonds is 6. The van der Waals surface area contributed by atoms with Crippen LogP contribution in [0.1, 0.15) is 56.3 Å². The summed E-state index contributed by atoms with van der Waals surface area (Å²) in [4.78, 5) is 34.1. The molecule has 0 spiro atoms. The highest BCUT2D eigenvalue weighted by atomic mass is 19.1. The van der Waals surface area contributed by atoms with Crippen LogP contribution in [0.25, 0.3) is 11.1 Å². The summed E-state index contributed by atoms with van der Waals surface area (Å²) in [5, 5.41) is 13.0. The molecule has 2 heterocycles. The Bertz CT molecular complexity index is 1110. The van der Waals surface area contributed by atoms with Crippen molar-refractivity contribution in [2.75, 3.05) is 26.7 Å². The Morgan fingerprint density at radius 1 is 1.27 bits per heavy atom.